The first-order chi connectivity index (χ1) is 14.2. The zero-order valence-corrected chi connectivity index (χ0v) is 17.5. The molecule has 1 aromatic heterocycles. The van der Waals surface area contributed by atoms with Crippen LogP contribution in [-0.4, -0.2) is 35.8 Å². The van der Waals surface area contributed by atoms with Gasteiger partial charge in [-0.25, -0.2) is 4.98 Å². The number of ether oxygens (including phenoxy) is 3. The summed E-state index contributed by atoms with van der Waals surface area (Å²) in [5.74, 6) is 1.08. The molecule has 29 heavy (non-hydrogen) atoms. The number of imidazole rings is 1. The van der Waals surface area contributed by atoms with Gasteiger partial charge in [-0.2, -0.15) is 0 Å². The Morgan fingerprint density at radius 3 is 2.76 bits per heavy atom. The van der Waals surface area contributed by atoms with E-state index < -0.39 is 0 Å². The monoisotopic (exact) mass is 400 g/mol. The van der Waals surface area contributed by atoms with Crippen molar-refractivity contribution in [3.8, 4) is 5.75 Å². The van der Waals surface area contributed by atoms with Crippen molar-refractivity contribution < 1.29 is 19.0 Å². The van der Waals surface area contributed by atoms with E-state index >= 15 is 0 Å². The number of hydrogen-bond donors (Lipinski definition) is 0. The highest BCUT2D eigenvalue weighted by Gasteiger charge is 2.09. The van der Waals surface area contributed by atoms with E-state index in [0.29, 0.717) is 32.2 Å². The van der Waals surface area contributed by atoms with Crippen LogP contribution in [0, 0.1) is 5.92 Å². The molecule has 2 aromatic rings. The molecule has 1 unspecified atom stereocenters. The van der Waals surface area contributed by atoms with Crippen molar-refractivity contribution in [3.63, 3.8) is 0 Å². The molecule has 0 aliphatic rings. The van der Waals surface area contributed by atoms with Gasteiger partial charge in [0, 0.05) is 31.3 Å². The summed E-state index contributed by atoms with van der Waals surface area (Å²) in [5, 5.41) is 0. The summed E-state index contributed by atoms with van der Waals surface area (Å²) in [4.78, 5) is 15.5. The second-order valence-corrected chi connectivity index (χ2v) is 6.89. The Balaban J connectivity index is 1.75. The number of carbonyl (C=O) groups is 1. The second-order valence-electron chi connectivity index (χ2n) is 6.89. The molecule has 0 saturated heterocycles. The van der Waals surface area contributed by atoms with Crippen molar-refractivity contribution in [2.45, 2.75) is 45.8 Å². The molecule has 6 nitrogen and oxygen atoms in total. The Morgan fingerprint density at radius 2 is 2.07 bits per heavy atom. The number of allylic oxidation sites excluding steroid dienone is 2. The molecular formula is C23H32N2O4. The highest BCUT2D eigenvalue weighted by Crippen LogP contribution is 2.14. The predicted molar refractivity (Wildman–Crippen MR) is 113 cm³/mol. The summed E-state index contributed by atoms with van der Waals surface area (Å²) < 4.78 is 18.2. The first kappa shape index (κ1) is 22.7. The molecule has 0 N–H and O–H groups in total. The maximum atomic E-state index is 11.4. The van der Waals surface area contributed by atoms with Gasteiger partial charge in [-0.3, -0.25) is 4.79 Å². The topological polar surface area (TPSA) is 62.6 Å². The Bertz CT molecular complexity index is 711. The van der Waals surface area contributed by atoms with Crippen LogP contribution in [-0.2, 0) is 27.4 Å². The number of methoxy groups -OCH3 is 1. The Morgan fingerprint density at radius 1 is 1.24 bits per heavy atom. The van der Waals surface area contributed by atoms with Gasteiger partial charge in [0.25, 0.3) is 0 Å². The van der Waals surface area contributed by atoms with E-state index in [4.69, 9.17) is 14.2 Å². The smallest absolute Gasteiger partial charge is 0.305 e. The van der Waals surface area contributed by atoms with Crippen LogP contribution in [0.25, 0.3) is 0 Å². The summed E-state index contributed by atoms with van der Waals surface area (Å²) in [5.41, 5.74) is 1.13. The predicted octanol–water partition coefficient (Wildman–Crippen LogP) is 4.40. The fourth-order valence-electron chi connectivity index (χ4n) is 2.96. The fourth-order valence-corrected chi connectivity index (χ4v) is 2.96. The second kappa shape index (κ2) is 13.6. The average Bonchev–Trinajstić information content (AvgIpc) is 3.24. The molecule has 6 heteroatoms. The van der Waals surface area contributed by atoms with Crippen LogP contribution in [0.1, 0.15) is 38.2 Å². The lowest BCUT2D eigenvalue weighted by atomic mass is 10.1. The molecule has 0 spiro atoms. The normalized spacial score (nSPS) is 12.2. The van der Waals surface area contributed by atoms with E-state index in [1.165, 1.54) is 0 Å². The van der Waals surface area contributed by atoms with Gasteiger partial charge in [0.05, 0.1) is 33.3 Å². The molecule has 1 heterocycles. The van der Waals surface area contributed by atoms with Crippen molar-refractivity contribution in [1.82, 2.24) is 9.55 Å². The Kier molecular flexibility index (Phi) is 10.6. The van der Waals surface area contributed by atoms with E-state index in [9.17, 15) is 4.79 Å². The summed E-state index contributed by atoms with van der Waals surface area (Å²) in [6.45, 7) is 4.37. The molecule has 0 saturated carbocycles. The van der Waals surface area contributed by atoms with Crippen LogP contribution >= 0.6 is 0 Å². The summed E-state index contributed by atoms with van der Waals surface area (Å²) in [6, 6.07) is 7.93. The first-order valence-electron chi connectivity index (χ1n) is 10.2. The van der Waals surface area contributed by atoms with Gasteiger partial charge in [0.15, 0.2) is 0 Å². The number of aromatic nitrogens is 2. The number of hydrogen-bond acceptors (Lipinski definition) is 5. The lowest BCUT2D eigenvalue weighted by Gasteiger charge is -2.16. The van der Waals surface area contributed by atoms with Gasteiger partial charge in [-0.05, 0) is 43.9 Å². The van der Waals surface area contributed by atoms with E-state index in [1.807, 2.05) is 43.7 Å². The van der Waals surface area contributed by atoms with E-state index in [1.54, 1.807) is 13.3 Å². The van der Waals surface area contributed by atoms with Gasteiger partial charge in [-0.15, -0.1) is 0 Å². The lowest BCUT2D eigenvalue weighted by molar-refractivity contribution is -0.143. The molecule has 0 radical (unpaired) electrons. The van der Waals surface area contributed by atoms with Crippen molar-refractivity contribution in [2.75, 3.05) is 20.3 Å². The number of esters is 1. The number of unbranched alkanes of at least 4 members (excludes halogenated alkanes) is 1. The van der Waals surface area contributed by atoms with Crippen LogP contribution < -0.4 is 4.74 Å². The highest BCUT2D eigenvalue weighted by molar-refractivity contribution is 5.69. The SMILES string of the molecule is CCOC(=O)CCC/C=C/CC(COCc1ccc(OC)cc1)Cn1ccnc1. The summed E-state index contributed by atoms with van der Waals surface area (Å²) >= 11 is 0. The quantitative estimate of drug-likeness (QED) is 0.267. The zero-order chi connectivity index (χ0) is 20.7. The molecule has 0 bridgehead atoms. The Hall–Kier alpha value is -2.60. The van der Waals surface area contributed by atoms with Crippen LogP contribution in [0.2, 0.25) is 0 Å². The third-order valence-corrected chi connectivity index (χ3v) is 4.50. The van der Waals surface area contributed by atoms with Crippen molar-refractivity contribution >= 4 is 5.97 Å². The number of carbonyl (C=O) groups excluding carboxylic acids is 1. The molecule has 0 fully saturated rings. The van der Waals surface area contributed by atoms with E-state index in [2.05, 4.69) is 21.7 Å². The molecule has 2 rings (SSSR count). The van der Waals surface area contributed by atoms with Gasteiger partial charge >= 0.3 is 5.97 Å². The van der Waals surface area contributed by atoms with Gasteiger partial charge < -0.3 is 18.8 Å². The van der Waals surface area contributed by atoms with Crippen molar-refractivity contribution in [1.29, 1.82) is 0 Å². The summed E-state index contributed by atoms with van der Waals surface area (Å²) in [6.07, 6.45) is 13.0. The third-order valence-electron chi connectivity index (χ3n) is 4.50. The molecule has 158 valence electrons. The maximum Gasteiger partial charge on any atom is 0.305 e. The molecule has 0 aliphatic heterocycles. The van der Waals surface area contributed by atoms with Crippen LogP contribution in [0.4, 0.5) is 0 Å². The minimum Gasteiger partial charge on any atom is -0.497 e. The van der Waals surface area contributed by atoms with Crippen molar-refractivity contribution in [3.05, 3.63) is 60.7 Å². The maximum absolute atomic E-state index is 11.4. The largest absolute Gasteiger partial charge is 0.497 e. The van der Waals surface area contributed by atoms with Crippen LogP contribution in [0.3, 0.4) is 0 Å². The van der Waals surface area contributed by atoms with Crippen LogP contribution in [0.15, 0.2) is 55.1 Å². The molecule has 1 atom stereocenters. The van der Waals surface area contributed by atoms with Gasteiger partial charge in [-0.1, -0.05) is 24.3 Å². The number of nitrogens with zero attached hydrogens (tertiary/aromatic N) is 2. The molecule has 0 aliphatic carbocycles. The average molecular weight is 401 g/mol. The van der Waals surface area contributed by atoms with E-state index in [0.717, 1.165) is 37.1 Å². The van der Waals surface area contributed by atoms with Gasteiger partial charge in [0.1, 0.15) is 5.75 Å². The minimum atomic E-state index is -0.120. The lowest BCUT2D eigenvalue weighted by Crippen LogP contribution is -2.15. The third kappa shape index (κ3) is 9.43. The van der Waals surface area contributed by atoms with Crippen molar-refractivity contribution in [2.24, 2.45) is 5.92 Å². The van der Waals surface area contributed by atoms with E-state index in [-0.39, 0.29) is 5.97 Å². The zero-order valence-electron chi connectivity index (χ0n) is 17.5. The molecular weight excluding hydrogens is 368 g/mol. The molecule has 1 aromatic carbocycles. The minimum absolute atomic E-state index is 0.120. The fraction of sp³-hybridized carbons (Fsp3) is 0.478. The number of benzene rings is 1. The molecule has 0 amide bonds. The van der Waals surface area contributed by atoms with Gasteiger partial charge in [0.2, 0.25) is 0 Å². The Labute approximate surface area is 173 Å². The standard InChI is InChI=1S/C23H32N2O4/c1-3-29-23(26)9-7-5-4-6-8-21(16-25-15-14-24-19-25)18-28-17-20-10-12-22(27-2)13-11-20/h4,6,10-15,19,21H,3,5,7-9,16-18H2,1-2H3/b6-4+. The summed E-state index contributed by atoms with van der Waals surface area (Å²) in [7, 11) is 1.66. The number of rotatable bonds is 14. The van der Waals surface area contributed by atoms with Crippen LogP contribution in [0.5, 0.6) is 5.75 Å². The highest BCUT2D eigenvalue weighted by atomic mass is 16.5. The first-order valence-corrected chi connectivity index (χ1v) is 10.2.